The van der Waals surface area contributed by atoms with Crippen molar-refractivity contribution in [2.45, 2.75) is 24.4 Å². The van der Waals surface area contributed by atoms with Crippen molar-refractivity contribution < 1.29 is 18.0 Å². The third kappa shape index (κ3) is 6.31. The van der Waals surface area contributed by atoms with E-state index in [1.54, 1.807) is 30.3 Å². The van der Waals surface area contributed by atoms with Gasteiger partial charge in [-0.2, -0.15) is 0 Å². The highest BCUT2D eigenvalue weighted by Gasteiger charge is 2.28. The summed E-state index contributed by atoms with van der Waals surface area (Å²) in [6, 6.07) is 24.4. The number of amides is 2. The average Bonchev–Trinajstić information content (AvgIpc) is 3.27. The van der Waals surface area contributed by atoms with E-state index in [4.69, 9.17) is 5.73 Å². The molecule has 2 amide bonds. The van der Waals surface area contributed by atoms with Gasteiger partial charge in [0.1, 0.15) is 5.00 Å². The van der Waals surface area contributed by atoms with E-state index in [1.165, 1.54) is 41.2 Å². The van der Waals surface area contributed by atoms with Crippen LogP contribution in [0.4, 0.5) is 10.7 Å². The number of nitrogens with zero attached hydrogens (tertiary/aromatic N) is 1. The van der Waals surface area contributed by atoms with Crippen LogP contribution in [0.3, 0.4) is 0 Å². The highest BCUT2D eigenvalue weighted by molar-refractivity contribution is 7.92. The van der Waals surface area contributed by atoms with E-state index in [-0.39, 0.29) is 28.6 Å². The fourth-order valence-electron chi connectivity index (χ4n) is 4.53. The maximum Gasteiger partial charge on any atom is 0.261 e. The Morgan fingerprint density at radius 2 is 1.56 bits per heavy atom. The van der Waals surface area contributed by atoms with E-state index in [1.807, 2.05) is 18.2 Å². The highest BCUT2D eigenvalue weighted by atomic mass is 35.5. The number of hydrogen-bond donors (Lipinski definition) is 3. The number of rotatable bonds is 8. The van der Waals surface area contributed by atoms with Crippen LogP contribution in [0, 0.1) is 0 Å². The van der Waals surface area contributed by atoms with Gasteiger partial charge in [0.25, 0.3) is 21.8 Å². The topological polar surface area (TPSA) is 122 Å². The first-order valence-electron chi connectivity index (χ1n) is 12.0. The number of hydrogen-bond acceptors (Lipinski definition) is 6. The first kappa shape index (κ1) is 28.3. The Hall–Kier alpha value is -3.70. The fourth-order valence-corrected chi connectivity index (χ4v) is 6.92. The molecule has 11 heteroatoms. The molecule has 0 aliphatic carbocycles. The predicted molar refractivity (Wildman–Crippen MR) is 156 cm³/mol. The zero-order valence-corrected chi connectivity index (χ0v) is 23.2. The normalized spacial score (nSPS) is 13.1. The number of fused-ring (bicyclic) bond motifs is 1. The molecular weight excluding hydrogens is 556 g/mol. The largest absolute Gasteiger partial charge is 0.365 e. The number of carbonyl (C=O) groups is 2. The van der Waals surface area contributed by atoms with Gasteiger partial charge in [-0.1, -0.05) is 60.7 Å². The lowest BCUT2D eigenvalue weighted by atomic mass is 10.0. The Morgan fingerprint density at radius 3 is 2.26 bits per heavy atom. The number of para-hydroxylation sites is 1. The molecule has 0 atom stereocenters. The Morgan fingerprint density at radius 1 is 0.923 bits per heavy atom. The summed E-state index contributed by atoms with van der Waals surface area (Å²) in [6.45, 7) is 2.18. The second kappa shape index (κ2) is 12.0. The van der Waals surface area contributed by atoms with Crippen LogP contribution >= 0.6 is 23.7 Å². The molecule has 0 fully saturated rings. The maximum atomic E-state index is 13.3. The van der Waals surface area contributed by atoms with E-state index >= 15 is 0 Å². The zero-order chi connectivity index (χ0) is 26.7. The number of primary amides is 1. The van der Waals surface area contributed by atoms with Crippen LogP contribution in [-0.2, 0) is 29.5 Å². The number of nitrogens with one attached hydrogen (secondary N) is 2. The molecule has 202 valence electrons. The fraction of sp³-hybridized carbons (Fsp3) is 0.143. The van der Waals surface area contributed by atoms with Gasteiger partial charge in [0, 0.05) is 24.5 Å². The minimum Gasteiger partial charge on any atom is -0.365 e. The smallest absolute Gasteiger partial charge is 0.261 e. The Bertz CT molecular complexity index is 1590. The summed E-state index contributed by atoms with van der Waals surface area (Å²) in [5.74, 6) is -1.15. The lowest BCUT2D eigenvalue weighted by molar-refractivity contribution is 0.0999. The van der Waals surface area contributed by atoms with Crippen LogP contribution in [0.5, 0.6) is 0 Å². The first-order chi connectivity index (χ1) is 18.3. The summed E-state index contributed by atoms with van der Waals surface area (Å²) in [7, 11) is -3.91. The molecule has 4 aromatic rings. The molecule has 1 aliphatic heterocycles. The average molecular weight is 583 g/mol. The lowest BCUT2D eigenvalue weighted by Gasteiger charge is -2.27. The predicted octanol–water partition coefficient (Wildman–Crippen LogP) is 4.88. The summed E-state index contributed by atoms with van der Waals surface area (Å²) in [5, 5.41) is 3.19. The molecule has 39 heavy (non-hydrogen) atoms. The van der Waals surface area contributed by atoms with Gasteiger partial charge in [0.15, 0.2) is 0 Å². The number of nitrogens with two attached hydrogens (primary N) is 1. The van der Waals surface area contributed by atoms with Gasteiger partial charge < -0.3 is 11.1 Å². The number of thiophene rings is 1. The number of benzene rings is 3. The summed E-state index contributed by atoms with van der Waals surface area (Å²) >= 11 is 1.33. The van der Waals surface area contributed by atoms with Crippen LogP contribution in [0.15, 0.2) is 89.8 Å². The number of sulfonamides is 1. The molecule has 0 unspecified atom stereocenters. The molecule has 4 N–H and O–H groups in total. The number of carbonyl (C=O) groups excluding carboxylic acids is 2. The Balaban J connectivity index is 0.00000353. The highest BCUT2D eigenvalue weighted by Crippen LogP contribution is 2.38. The van der Waals surface area contributed by atoms with Crippen molar-refractivity contribution in [3.05, 3.63) is 112 Å². The molecule has 0 radical (unpaired) electrons. The molecule has 2 heterocycles. The lowest BCUT2D eigenvalue weighted by Crippen LogP contribution is -2.30. The second-order valence-electron chi connectivity index (χ2n) is 8.94. The van der Waals surface area contributed by atoms with Crippen molar-refractivity contribution in [1.29, 1.82) is 0 Å². The minimum absolute atomic E-state index is 0. The summed E-state index contributed by atoms with van der Waals surface area (Å²) in [6.07, 6.45) is 0.639. The van der Waals surface area contributed by atoms with Gasteiger partial charge in [-0.15, -0.1) is 23.7 Å². The summed E-state index contributed by atoms with van der Waals surface area (Å²) in [5.41, 5.74) is 8.38. The third-order valence-corrected chi connectivity index (χ3v) is 8.84. The van der Waals surface area contributed by atoms with Crippen LogP contribution < -0.4 is 15.8 Å². The van der Waals surface area contributed by atoms with E-state index in [2.05, 4.69) is 27.1 Å². The van der Waals surface area contributed by atoms with Crippen LogP contribution in [0.1, 0.15) is 36.7 Å². The van der Waals surface area contributed by atoms with Crippen LogP contribution in [0.2, 0.25) is 0 Å². The molecule has 0 bridgehead atoms. The SMILES string of the molecule is Cl.NC(=O)c1c(NC(=O)c2ccccc2NS(=O)(=O)c2ccccc2)sc2c1CCN(Cc1ccccc1)C2. The van der Waals surface area contributed by atoms with Crippen molar-refractivity contribution in [1.82, 2.24) is 4.90 Å². The molecule has 0 spiro atoms. The third-order valence-electron chi connectivity index (χ3n) is 6.33. The second-order valence-corrected chi connectivity index (χ2v) is 11.7. The van der Waals surface area contributed by atoms with Crippen molar-refractivity contribution in [3.8, 4) is 0 Å². The Kier molecular flexibility index (Phi) is 8.71. The maximum absolute atomic E-state index is 13.3. The van der Waals surface area contributed by atoms with Gasteiger partial charge in [-0.3, -0.25) is 19.2 Å². The van der Waals surface area contributed by atoms with Gasteiger partial charge in [-0.25, -0.2) is 8.42 Å². The van der Waals surface area contributed by atoms with Crippen LogP contribution in [0.25, 0.3) is 0 Å². The van der Waals surface area contributed by atoms with Crippen molar-refractivity contribution in [2.24, 2.45) is 5.73 Å². The molecule has 3 aromatic carbocycles. The molecule has 5 rings (SSSR count). The van der Waals surface area contributed by atoms with Crippen molar-refractivity contribution in [3.63, 3.8) is 0 Å². The van der Waals surface area contributed by atoms with E-state index in [0.29, 0.717) is 23.5 Å². The monoisotopic (exact) mass is 582 g/mol. The zero-order valence-electron chi connectivity index (χ0n) is 20.8. The number of anilines is 2. The van der Waals surface area contributed by atoms with Gasteiger partial charge in [0.2, 0.25) is 0 Å². The van der Waals surface area contributed by atoms with Gasteiger partial charge in [0.05, 0.1) is 21.7 Å². The van der Waals surface area contributed by atoms with E-state index in [9.17, 15) is 18.0 Å². The van der Waals surface area contributed by atoms with Crippen molar-refractivity contribution >= 4 is 56.3 Å². The van der Waals surface area contributed by atoms with E-state index in [0.717, 1.165) is 23.5 Å². The molecule has 8 nitrogen and oxygen atoms in total. The molecule has 1 aliphatic rings. The van der Waals surface area contributed by atoms with Gasteiger partial charge >= 0.3 is 0 Å². The standard InChI is InChI=1S/C28H26N4O4S2.ClH/c29-26(33)25-22-15-16-32(17-19-9-3-1-4-10-19)18-24(22)37-28(25)30-27(34)21-13-7-8-14-23(21)31-38(35,36)20-11-5-2-6-12-20;/h1-14,31H,15-18H2,(H2,29,33)(H,30,34);1H. The number of halogens is 1. The first-order valence-corrected chi connectivity index (χ1v) is 14.3. The molecule has 0 saturated heterocycles. The molecule has 1 aromatic heterocycles. The summed E-state index contributed by atoms with van der Waals surface area (Å²) < 4.78 is 28.2. The molecular formula is C28H27ClN4O4S2. The van der Waals surface area contributed by atoms with E-state index < -0.39 is 21.8 Å². The Labute approximate surface area is 237 Å². The molecule has 0 saturated carbocycles. The van der Waals surface area contributed by atoms with Gasteiger partial charge in [-0.05, 0) is 41.8 Å². The minimum atomic E-state index is -3.91. The summed E-state index contributed by atoms with van der Waals surface area (Å²) in [4.78, 5) is 29.1. The van der Waals surface area contributed by atoms with Crippen molar-refractivity contribution in [2.75, 3.05) is 16.6 Å². The van der Waals surface area contributed by atoms with Crippen LogP contribution in [-0.4, -0.2) is 31.7 Å². The quantitative estimate of drug-likeness (QED) is 0.273.